The molecule has 34 heavy (non-hydrogen) atoms. The third kappa shape index (κ3) is 31.4. The number of rotatable bonds is 30. The predicted octanol–water partition coefficient (Wildman–Crippen LogP) is 10.4. The summed E-state index contributed by atoms with van der Waals surface area (Å²) in [7, 11) is 0. The highest BCUT2D eigenvalue weighted by molar-refractivity contribution is 5.66. The highest BCUT2D eigenvalue weighted by atomic mass is 16.4. The molecule has 2 N–H and O–H groups in total. The lowest BCUT2D eigenvalue weighted by atomic mass is 10.0. The average Bonchev–Trinajstić information content (AvgIpc) is 2.83. The van der Waals surface area contributed by atoms with Gasteiger partial charge < -0.3 is 10.2 Å². The molecule has 204 valence electrons. The number of unbranched alkanes of at least 4 members (excludes halogenated alkanes) is 27. The van der Waals surface area contributed by atoms with Crippen molar-refractivity contribution in [1.82, 2.24) is 0 Å². The van der Waals surface area contributed by atoms with Gasteiger partial charge >= 0.3 is 5.97 Å². The summed E-state index contributed by atoms with van der Waals surface area (Å²) in [4.78, 5) is 10.4. The largest absolute Gasteiger partial charge is 0.481 e. The SMILES string of the molecule is O=C(O)CCCCCCCCCCCCCCCCCCCCCCCCCCCCCCO. The van der Waals surface area contributed by atoms with Crippen molar-refractivity contribution < 1.29 is 15.0 Å². The summed E-state index contributed by atoms with van der Waals surface area (Å²) in [6, 6.07) is 0. The van der Waals surface area contributed by atoms with E-state index in [0.717, 1.165) is 19.3 Å². The van der Waals surface area contributed by atoms with E-state index in [-0.39, 0.29) is 0 Å². The summed E-state index contributed by atoms with van der Waals surface area (Å²) < 4.78 is 0. The van der Waals surface area contributed by atoms with Gasteiger partial charge in [-0.15, -0.1) is 0 Å². The molecule has 0 saturated heterocycles. The van der Waals surface area contributed by atoms with Gasteiger partial charge in [-0.2, -0.15) is 0 Å². The van der Waals surface area contributed by atoms with Gasteiger partial charge in [0, 0.05) is 13.0 Å². The van der Waals surface area contributed by atoms with Crippen LogP contribution in [0.25, 0.3) is 0 Å². The molecular weight excluding hydrogens is 420 g/mol. The summed E-state index contributed by atoms with van der Waals surface area (Å²) in [6.45, 7) is 0.365. The minimum absolute atomic E-state index is 0.343. The predicted molar refractivity (Wildman–Crippen MR) is 149 cm³/mol. The zero-order chi connectivity index (χ0) is 24.8. The van der Waals surface area contributed by atoms with Crippen LogP contribution in [0.15, 0.2) is 0 Å². The molecule has 0 aliphatic rings. The molecular formula is C31H62O3. The Morgan fingerprint density at radius 3 is 0.676 bits per heavy atom. The minimum Gasteiger partial charge on any atom is -0.481 e. The normalized spacial score (nSPS) is 11.3. The maximum Gasteiger partial charge on any atom is 0.303 e. The highest BCUT2D eigenvalue weighted by Gasteiger charge is 1.98. The van der Waals surface area contributed by atoms with Gasteiger partial charge in [-0.1, -0.05) is 167 Å². The molecule has 0 bridgehead atoms. The third-order valence-electron chi connectivity index (χ3n) is 7.30. The zero-order valence-electron chi connectivity index (χ0n) is 23.0. The highest BCUT2D eigenvalue weighted by Crippen LogP contribution is 2.16. The fourth-order valence-electron chi connectivity index (χ4n) is 4.98. The van der Waals surface area contributed by atoms with Crippen molar-refractivity contribution in [3.8, 4) is 0 Å². The molecule has 0 aromatic heterocycles. The summed E-state index contributed by atoms with van der Waals surface area (Å²) in [6.07, 6.45) is 38.1. The number of aliphatic hydroxyl groups is 1. The zero-order valence-corrected chi connectivity index (χ0v) is 23.0. The van der Waals surface area contributed by atoms with Gasteiger partial charge in [0.25, 0.3) is 0 Å². The lowest BCUT2D eigenvalue weighted by Crippen LogP contribution is -1.93. The first-order chi connectivity index (χ1) is 16.8. The second kappa shape index (κ2) is 30.5. The van der Waals surface area contributed by atoms with E-state index < -0.39 is 5.97 Å². The van der Waals surface area contributed by atoms with E-state index in [1.165, 1.54) is 161 Å². The van der Waals surface area contributed by atoms with Crippen LogP contribution >= 0.6 is 0 Å². The molecule has 0 atom stereocenters. The van der Waals surface area contributed by atoms with Crippen LogP contribution in [0.4, 0.5) is 0 Å². The molecule has 3 nitrogen and oxygen atoms in total. The Balaban J connectivity index is 3.01. The lowest BCUT2D eigenvalue weighted by Gasteiger charge is -2.04. The first-order valence-corrected chi connectivity index (χ1v) is 15.6. The van der Waals surface area contributed by atoms with Gasteiger partial charge in [0.15, 0.2) is 0 Å². The lowest BCUT2D eigenvalue weighted by molar-refractivity contribution is -0.137. The molecule has 0 aliphatic heterocycles. The van der Waals surface area contributed by atoms with Crippen molar-refractivity contribution in [2.24, 2.45) is 0 Å². The number of hydrogen-bond donors (Lipinski definition) is 2. The van der Waals surface area contributed by atoms with Crippen LogP contribution in [-0.4, -0.2) is 22.8 Å². The maximum absolute atomic E-state index is 10.4. The molecule has 0 unspecified atom stereocenters. The summed E-state index contributed by atoms with van der Waals surface area (Å²) in [5.41, 5.74) is 0. The number of carboxylic acids is 1. The van der Waals surface area contributed by atoms with Crippen LogP contribution in [0.3, 0.4) is 0 Å². The minimum atomic E-state index is -0.652. The molecule has 0 aliphatic carbocycles. The smallest absolute Gasteiger partial charge is 0.303 e. The third-order valence-corrected chi connectivity index (χ3v) is 7.30. The van der Waals surface area contributed by atoms with E-state index in [9.17, 15) is 4.79 Å². The first-order valence-electron chi connectivity index (χ1n) is 15.6. The summed E-state index contributed by atoms with van der Waals surface area (Å²) in [5.74, 6) is -0.652. The van der Waals surface area contributed by atoms with Crippen LogP contribution in [0.2, 0.25) is 0 Å². The van der Waals surface area contributed by atoms with Crippen molar-refractivity contribution in [3.63, 3.8) is 0 Å². The van der Waals surface area contributed by atoms with Gasteiger partial charge in [0.05, 0.1) is 0 Å². The number of hydrogen-bond acceptors (Lipinski definition) is 2. The molecule has 0 amide bonds. The van der Waals surface area contributed by atoms with E-state index >= 15 is 0 Å². The first kappa shape index (κ1) is 33.4. The van der Waals surface area contributed by atoms with Crippen LogP contribution in [0.1, 0.15) is 186 Å². The van der Waals surface area contributed by atoms with Gasteiger partial charge in [-0.3, -0.25) is 4.79 Å². The van der Waals surface area contributed by atoms with Crippen LogP contribution in [0, 0.1) is 0 Å². The van der Waals surface area contributed by atoms with Crippen LogP contribution in [-0.2, 0) is 4.79 Å². The van der Waals surface area contributed by atoms with Crippen molar-refractivity contribution in [2.75, 3.05) is 6.61 Å². The molecule has 0 heterocycles. The Labute approximate surface area is 213 Å². The van der Waals surface area contributed by atoms with Gasteiger partial charge in [-0.25, -0.2) is 0 Å². The number of carboxylic acid groups (broad SMARTS) is 1. The van der Waals surface area contributed by atoms with Crippen molar-refractivity contribution in [2.45, 2.75) is 186 Å². The monoisotopic (exact) mass is 482 g/mol. The topological polar surface area (TPSA) is 57.5 Å². The van der Waals surface area contributed by atoms with Gasteiger partial charge in [0.2, 0.25) is 0 Å². The Hall–Kier alpha value is -0.570. The van der Waals surface area contributed by atoms with Crippen LogP contribution < -0.4 is 0 Å². The fraction of sp³-hybridized carbons (Fsp3) is 0.968. The van der Waals surface area contributed by atoms with Crippen molar-refractivity contribution >= 4 is 5.97 Å². The van der Waals surface area contributed by atoms with E-state index in [0.29, 0.717) is 13.0 Å². The Bertz CT molecular complexity index is 383. The van der Waals surface area contributed by atoms with E-state index in [1.807, 2.05) is 0 Å². The Kier molecular flexibility index (Phi) is 30.0. The molecule has 0 spiro atoms. The summed E-state index contributed by atoms with van der Waals surface area (Å²) >= 11 is 0. The summed E-state index contributed by atoms with van der Waals surface area (Å²) in [5, 5.41) is 17.4. The molecule has 0 rings (SSSR count). The number of carbonyl (C=O) groups is 1. The molecule has 3 heteroatoms. The van der Waals surface area contributed by atoms with E-state index in [2.05, 4.69) is 0 Å². The van der Waals surface area contributed by atoms with Gasteiger partial charge in [-0.05, 0) is 12.8 Å². The number of aliphatic hydroxyl groups excluding tert-OH is 1. The van der Waals surface area contributed by atoms with Gasteiger partial charge in [0.1, 0.15) is 0 Å². The average molecular weight is 483 g/mol. The fourth-order valence-corrected chi connectivity index (χ4v) is 4.98. The maximum atomic E-state index is 10.4. The van der Waals surface area contributed by atoms with Crippen LogP contribution in [0.5, 0.6) is 0 Å². The molecule has 0 fully saturated rings. The van der Waals surface area contributed by atoms with Crippen molar-refractivity contribution in [3.05, 3.63) is 0 Å². The molecule has 0 aromatic carbocycles. The van der Waals surface area contributed by atoms with E-state index in [1.54, 1.807) is 0 Å². The second-order valence-electron chi connectivity index (χ2n) is 10.8. The standard InChI is InChI=1S/C31H62O3/c32-30-28-26-24-22-20-18-16-14-12-10-8-6-4-2-1-3-5-7-9-11-13-15-17-19-21-23-25-27-29-31(33)34/h32H,1-30H2,(H,33,34). The van der Waals surface area contributed by atoms with Crippen molar-refractivity contribution in [1.29, 1.82) is 0 Å². The second-order valence-corrected chi connectivity index (χ2v) is 10.8. The molecule has 0 aromatic rings. The Morgan fingerprint density at radius 1 is 0.324 bits per heavy atom. The molecule has 0 saturated carbocycles. The quantitative estimate of drug-likeness (QED) is 0.100. The van der Waals surface area contributed by atoms with E-state index in [4.69, 9.17) is 10.2 Å². The Morgan fingerprint density at radius 2 is 0.500 bits per heavy atom. The number of aliphatic carboxylic acids is 1. The molecule has 0 radical (unpaired) electrons.